The number of carbonyl (C=O) groups excluding carboxylic acids is 1. The van der Waals surface area contributed by atoms with Crippen molar-refractivity contribution in [3.8, 4) is 0 Å². The Morgan fingerprint density at radius 3 is 2.86 bits per heavy atom. The summed E-state index contributed by atoms with van der Waals surface area (Å²) in [6.45, 7) is 3.61. The molecule has 0 saturated heterocycles. The highest BCUT2D eigenvalue weighted by Gasteiger charge is 2.06. The number of Topliss-reactive ketones (excluding diaryl/α,β-unsaturated/α-hetero) is 1. The van der Waals surface area contributed by atoms with E-state index in [0.29, 0.717) is 6.42 Å². The van der Waals surface area contributed by atoms with Crippen LogP contribution in [0.1, 0.15) is 18.2 Å². The first-order valence-corrected chi connectivity index (χ1v) is 4.64. The highest BCUT2D eigenvalue weighted by Crippen LogP contribution is 2.22. The van der Waals surface area contributed by atoms with E-state index < -0.39 is 0 Å². The number of fused-ring (bicyclic) bond motifs is 1. The van der Waals surface area contributed by atoms with Crippen molar-refractivity contribution >= 4 is 16.8 Å². The third kappa shape index (κ3) is 1.55. The fourth-order valence-electron chi connectivity index (χ4n) is 1.59. The van der Waals surface area contributed by atoms with Crippen LogP contribution >= 0.6 is 0 Å². The van der Waals surface area contributed by atoms with Gasteiger partial charge in [0.15, 0.2) is 0 Å². The number of carbonyl (C=O) groups is 1. The number of furan rings is 1. The lowest BCUT2D eigenvalue weighted by Crippen LogP contribution is -1.93. The molecule has 2 aromatic rings. The molecule has 0 fully saturated rings. The second-order valence-electron chi connectivity index (χ2n) is 3.58. The predicted octanol–water partition coefficient (Wildman–Crippen LogP) is 2.87. The van der Waals surface area contributed by atoms with Gasteiger partial charge in [-0.3, -0.25) is 4.79 Å². The normalized spacial score (nSPS) is 10.7. The van der Waals surface area contributed by atoms with Gasteiger partial charge in [0.2, 0.25) is 0 Å². The largest absolute Gasteiger partial charge is 0.461 e. The lowest BCUT2D eigenvalue weighted by molar-refractivity contribution is -0.116. The summed E-state index contributed by atoms with van der Waals surface area (Å²) in [5.41, 5.74) is 2.04. The molecule has 2 rings (SSSR count). The molecule has 0 aliphatic heterocycles. The second kappa shape index (κ2) is 3.29. The van der Waals surface area contributed by atoms with Gasteiger partial charge in [0.25, 0.3) is 0 Å². The molecule has 0 aliphatic carbocycles. The summed E-state index contributed by atoms with van der Waals surface area (Å²) in [5.74, 6) is 0.878. The third-order valence-corrected chi connectivity index (χ3v) is 2.25. The smallest absolute Gasteiger partial charge is 0.137 e. The van der Waals surface area contributed by atoms with Gasteiger partial charge in [0.05, 0.1) is 6.42 Å². The molecular formula is C12H12O2. The molecule has 72 valence electrons. The van der Waals surface area contributed by atoms with Gasteiger partial charge in [0.1, 0.15) is 17.1 Å². The third-order valence-electron chi connectivity index (χ3n) is 2.25. The Morgan fingerprint density at radius 1 is 1.43 bits per heavy atom. The van der Waals surface area contributed by atoms with Gasteiger partial charge in [-0.1, -0.05) is 12.1 Å². The minimum atomic E-state index is 0.127. The molecule has 0 amide bonds. The van der Waals surface area contributed by atoms with Crippen LogP contribution in [0.2, 0.25) is 0 Å². The molecule has 0 aliphatic rings. The van der Waals surface area contributed by atoms with Crippen LogP contribution in [-0.4, -0.2) is 5.78 Å². The Bertz CT molecular complexity index is 480. The molecule has 14 heavy (non-hydrogen) atoms. The standard InChI is InChI=1S/C12H12O2/c1-8-4-3-5-12-11(8)7-10(14-12)6-9(2)13/h3-5,7H,6H2,1-2H3. The predicted molar refractivity (Wildman–Crippen MR) is 55.3 cm³/mol. The van der Waals surface area contributed by atoms with Crippen LogP contribution in [-0.2, 0) is 11.2 Å². The molecule has 0 bridgehead atoms. The van der Waals surface area contributed by atoms with Gasteiger partial charge in [-0.2, -0.15) is 0 Å². The van der Waals surface area contributed by atoms with E-state index in [0.717, 1.165) is 16.7 Å². The SMILES string of the molecule is CC(=O)Cc1cc2c(C)cccc2o1. The molecule has 2 heteroatoms. The lowest BCUT2D eigenvalue weighted by atomic mass is 10.1. The quantitative estimate of drug-likeness (QED) is 0.725. The van der Waals surface area contributed by atoms with E-state index in [1.807, 2.05) is 31.2 Å². The first kappa shape index (κ1) is 9.00. The van der Waals surface area contributed by atoms with Crippen LogP contribution in [0.3, 0.4) is 0 Å². The monoisotopic (exact) mass is 188 g/mol. The first-order valence-electron chi connectivity index (χ1n) is 4.64. The molecule has 1 aromatic heterocycles. The van der Waals surface area contributed by atoms with Gasteiger partial charge in [-0.05, 0) is 31.5 Å². The zero-order valence-corrected chi connectivity index (χ0v) is 8.33. The van der Waals surface area contributed by atoms with Crippen molar-refractivity contribution in [2.24, 2.45) is 0 Å². The van der Waals surface area contributed by atoms with Crippen LogP contribution in [0, 0.1) is 6.92 Å². The van der Waals surface area contributed by atoms with Crippen molar-refractivity contribution < 1.29 is 9.21 Å². The summed E-state index contributed by atoms with van der Waals surface area (Å²) in [6, 6.07) is 7.87. The minimum absolute atomic E-state index is 0.127. The highest BCUT2D eigenvalue weighted by atomic mass is 16.3. The van der Waals surface area contributed by atoms with E-state index in [-0.39, 0.29) is 5.78 Å². The Balaban J connectivity index is 2.51. The van der Waals surface area contributed by atoms with Gasteiger partial charge in [-0.25, -0.2) is 0 Å². The minimum Gasteiger partial charge on any atom is -0.461 e. The Labute approximate surface area is 82.5 Å². The van der Waals surface area contributed by atoms with E-state index in [4.69, 9.17) is 4.42 Å². The summed E-state index contributed by atoms with van der Waals surface area (Å²) in [6.07, 6.45) is 0.383. The maximum absolute atomic E-state index is 10.9. The van der Waals surface area contributed by atoms with Crippen molar-refractivity contribution in [3.63, 3.8) is 0 Å². The van der Waals surface area contributed by atoms with E-state index >= 15 is 0 Å². The van der Waals surface area contributed by atoms with Crippen molar-refractivity contribution in [2.45, 2.75) is 20.3 Å². The molecule has 0 atom stereocenters. The van der Waals surface area contributed by atoms with Crippen LogP contribution < -0.4 is 0 Å². The molecule has 0 radical (unpaired) electrons. The molecule has 1 aromatic carbocycles. The molecule has 0 unspecified atom stereocenters. The Morgan fingerprint density at radius 2 is 2.21 bits per heavy atom. The second-order valence-corrected chi connectivity index (χ2v) is 3.58. The zero-order chi connectivity index (χ0) is 10.1. The Kier molecular flexibility index (Phi) is 2.12. The molecular weight excluding hydrogens is 176 g/mol. The zero-order valence-electron chi connectivity index (χ0n) is 8.33. The number of ketones is 1. The number of benzene rings is 1. The summed E-state index contributed by atoms with van der Waals surface area (Å²) < 4.78 is 5.54. The average Bonchev–Trinajstić information content (AvgIpc) is 2.47. The summed E-state index contributed by atoms with van der Waals surface area (Å²) in [4.78, 5) is 10.9. The van der Waals surface area contributed by atoms with Crippen molar-refractivity contribution in [1.82, 2.24) is 0 Å². The van der Waals surface area contributed by atoms with Crippen molar-refractivity contribution in [2.75, 3.05) is 0 Å². The van der Waals surface area contributed by atoms with E-state index in [1.54, 1.807) is 6.92 Å². The summed E-state index contributed by atoms with van der Waals surface area (Å²) in [5, 5.41) is 1.10. The van der Waals surface area contributed by atoms with Gasteiger partial charge in [0, 0.05) is 5.39 Å². The van der Waals surface area contributed by atoms with E-state index in [9.17, 15) is 4.79 Å². The van der Waals surface area contributed by atoms with Crippen LogP contribution in [0.15, 0.2) is 28.7 Å². The van der Waals surface area contributed by atoms with E-state index in [2.05, 4.69) is 0 Å². The average molecular weight is 188 g/mol. The van der Waals surface area contributed by atoms with Crippen LogP contribution in [0.4, 0.5) is 0 Å². The first-order chi connectivity index (χ1) is 6.66. The molecule has 1 heterocycles. The summed E-state index contributed by atoms with van der Waals surface area (Å²) in [7, 11) is 0. The molecule has 0 N–H and O–H groups in total. The van der Waals surface area contributed by atoms with E-state index in [1.165, 1.54) is 5.56 Å². The van der Waals surface area contributed by atoms with Crippen LogP contribution in [0.5, 0.6) is 0 Å². The molecule has 0 spiro atoms. The summed E-state index contributed by atoms with van der Waals surface area (Å²) >= 11 is 0. The molecule has 0 saturated carbocycles. The van der Waals surface area contributed by atoms with Crippen molar-refractivity contribution in [3.05, 3.63) is 35.6 Å². The number of rotatable bonds is 2. The van der Waals surface area contributed by atoms with Gasteiger partial charge < -0.3 is 4.42 Å². The topological polar surface area (TPSA) is 30.2 Å². The van der Waals surface area contributed by atoms with Gasteiger partial charge in [-0.15, -0.1) is 0 Å². The number of aryl methyl sites for hydroxylation is 1. The maximum atomic E-state index is 10.9. The Hall–Kier alpha value is -1.57. The highest BCUT2D eigenvalue weighted by molar-refractivity contribution is 5.84. The number of hydrogen-bond donors (Lipinski definition) is 0. The number of hydrogen-bond acceptors (Lipinski definition) is 2. The van der Waals surface area contributed by atoms with Crippen molar-refractivity contribution in [1.29, 1.82) is 0 Å². The van der Waals surface area contributed by atoms with Gasteiger partial charge >= 0.3 is 0 Å². The van der Waals surface area contributed by atoms with Crippen LogP contribution in [0.25, 0.3) is 11.0 Å². The fraction of sp³-hybridized carbons (Fsp3) is 0.250. The fourth-order valence-corrected chi connectivity index (χ4v) is 1.59. The maximum Gasteiger partial charge on any atom is 0.137 e. The lowest BCUT2D eigenvalue weighted by Gasteiger charge is -1.90. The molecule has 2 nitrogen and oxygen atoms in total.